The van der Waals surface area contributed by atoms with Crippen LogP contribution < -0.4 is 12.4 Å². The quantitative estimate of drug-likeness (QED) is 0.0681. The molecule has 0 amide bonds. The van der Waals surface area contributed by atoms with Crippen LogP contribution in [0.3, 0.4) is 0 Å². The number of quaternary nitrogens is 1. The van der Waals surface area contributed by atoms with Crippen molar-refractivity contribution in [1.29, 1.82) is 0 Å². The van der Waals surface area contributed by atoms with Gasteiger partial charge in [-0.3, -0.25) is 0 Å². The van der Waals surface area contributed by atoms with Crippen LogP contribution in [0.2, 0.25) is 0 Å². The van der Waals surface area contributed by atoms with E-state index >= 15 is 0 Å². The van der Waals surface area contributed by atoms with E-state index in [-0.39, 0.29) is 19.0 Å². The Balaban J connectivity index is -0.00000142. The maximum Gasteiger partial charge on any atom is 0.101 e. The minimum atomic E-state index is 0. The summed E-state index contributed by atoms with van der Waals surface area (Å²) in [6.07, 6.45) is 40.1. The van der Waals surface area contributed by atoms with E-state index in [0.717, 1.165) is 17.4 Å². The molecule has 0 aliphatic heterocycles. The molecule has 0 spiro atoms. The summed E-state index contributed by atoms with van der Waals surface area (Å²) in [6, 6.07) is 0. The maximum absolute atomic E-state index is 8.76. The number of likely N-dealkylation sites (N-methyl/N-ethyl adjacent to an activating group) is 1. The van der Waals surface area contributed by atoms with Gasteiger partial charge in [-0.15, -0.1) is 0 Å². The molecule has 39 heavy (non-hydrogen) atoms. The van der Waals surface area contributed by atoms with E-state index in [4.69, 9.17) is 10.2 Å². The Morgan fingerprint density at radius 2 is 0.538 bits per heavy atom. The van der Waals surface area contributed by atoms with E-state index in [9.17, 15) is 0 Å². The first-order chi connectivity index (χ1) is 18.5. The minimum Gasteiger partial charge on any atom is -1.00 e. The molecule has 0 rings (SSSR count). The molecule has 0 aromatic carbocycles. The van der Waals surface area contributed by atoms with Gasteiger partial charge in [-0.25, -0.2) is 0 Å². The predicted molar refractivity (Wildman–Crippen MR) is 172 cm³/mol. The number of nitrogens with zero attached hydrogens (tertiary/aromatic N) is 1. The fraction of sp³-hybridized carbons (Fsp3) is 1.00. The fourth-order valence-corrected chi connectivity index (χ4v) is 5.08. The third-order valence-electron chi connectivity index (χ3n) is 7.78. The van der Waals surface area contributed by atoms with Crippen LogP contribution in [0.5, 0.6) is 0 Å². The van der Waals surface area contributed by atoms with Crippen molar-refractivity contribution in [3.63, 3.8) is 0 Å². The molecule has 0 saturated heterocycles. The first-order valence-corrected chi connectivity index (χ1v) is 17.5. The lowest BCUT2D eigenvalue weighted by Gasteiger charge is -2.21. The van der Waals surface area contributed by atoms with Gasteiger partial charge in [0.25, 0.3) is 0 Å². The van der Waals surface area contributed by atoms with Crippen molar-refractivity contribution in [2.75, 3.05) is 40.9 Å². The SMILES string of the molecule is CCCCCCCCCCCCCCCCCCCCCCCCCCCCCCO.C[N+](C)(C)CCO.[Cl-]. The second kappa shape index (κ2) is 38.2. The average Bonchev–Trinajstić information content (AvgIpc) is 2.88. The molecule has 0 fully saturated rings. The van der Waals surface area contributed by atoms with Gasteiger partial charge in [-0.05, 0) is 6.42 Å². The first kappa shape index (κ1) is 43.6. The predicted octanol–water partition coefficient (Wildman–Crippen LogP) is 7.61. The van der Waals surface area contributed by atoms with Crippen LogP contribution in [0, 0.1) is 0 Å². The molecule has 0 radical (unpaired) electrons. The fourth-order valence-electron chi connectivity index (χ4n) is 5.08. The lowest BCUT2D eigenvalue weighted by Crippen LogP contribution is -3.00. The normalized spacial score (nSPS) is 11.2. The highest BCUT2D eigenvalue weighted by Crippen LogP contribution is 2.16. The largest absolute Gasteiger partial charge is 1.00 e. The molecule has 2 N–H and O–H groups in total. The molecule has 240 valence electrons. The minimum absolute atomic E-state index is 0. The molecule has 0 aliphatic carbocycles. The van der Waals surface area contributed by atoms with Crippen LogP contribution in [0.4, 0.5) is 0 Å². The Morgan fingerprint density at radius 1 is 0.333 bits per heavy atom. The van der Waals surface area contributed by atoms with Crippen LogP contribution in [-0.2, 0) is 0 Å². The topological polar surface area (TPSA) is 40.5 Å². The third kappa shape index (κ3) is 48.3. The molecule has 0 aromatic heterocycles. The summed E-state index contributed by atoms with van der Waals surface area (Å²) in [6.45, 7) is 3.79. The van der Waals surface area contributed by atoms with Crippen LogP contribution in [0.1, 0.15) is 187 Å². The van der Waals surface area contributed by atoms with Crippen molar-refractivity contribution >= 4 is 0 Å². The monoisotopic (exact) mass is 578 g/mol. The summed E-state index contributed by atoms with van der Waals surface area (Å²) >= 11 is 0. The van der Waals surface area contributed by atoms with E-state index in [1.807, 2.05) is 0 Å². The Labute approximate surface area is 254 Å². The number of aliphatic hydroxyl groups excluding tert-OH is 2. The number of hydrogen-bond donors (Lipinski definition) is 2. The summed E-state index contributed by atoms with van der Waals surface area (Å²) in [7, 11) is 6.16. The van der Waals surface area contributed by atoms with E-state index in [1.54, 1.807) is 0 Å². The van der Waals surface area contributed by atoms with E-state index < -0.39 is 0 Å². The molecule has 0 saturated carbocycles. The van der Waals surface area contributed by atoms with Crippen LogP contribution >= 0.6 is 0 Å². The Kier molecular flexibility index (Phi) is 42.7. The highest BCUT2D eigenvalue weighted by Gasteiger charge is 2.02. The number of aliphatic hydroxyl groups is 2. The van der Waals surface area contributed by atoms with E-state index in [1.165, 1.54) is 173 Å². The van der Waals surface area contributed by atoms with Crippen molar-refractivity contribution in [2.45, 2.75) is 187 Å². The zero-order valence-electron chi connectivity index (χ0n) is 27.6. The molecule has 0 atom stereocenters. The van der Waals surface area contributed by atoms with Crippen molar-refractivity contribution in [1.82, 2.24) is 0 Å². The molecule has 3 nitrogen and oxygen atoms in total. The van der Waals surface area contributed by atoms with Gasteiger partial charge in [0.05, 0.1) is 27.7 Å². The van der Waals surface area contributed by atoms with E-state index in [2.05, 4.69) is 28.1 Å². The Bertz CT molecular complexity index is 373. The highest BCUT2D eigenvalue weighted by atomic mass is 35.5. The van der Waals surface area contributed by atoms with Crippen molar-refractivity contribution in [3.05, 3.63) is 0 Å². The van der Waals surface area contributed by atoms with Gasteiger partial charge in [-0.2, -0.15) is 0 Å². The molecule has 0 unspecified atom stereocenters. The van der Waals surface area contributed by atoms with Gasteiger partial charge in [0.15, 0.2) is 0 Å². The lowest BCUT2D eigenvalue weighted by atomic mass is 10.0. The summed E-state index contributed by atoms with van der Waals surface area (Å²) in [5, 5.41) is 17.1. The lowest BCUT2D eigenvalue weighted by molar-refractivity contribution is -0.870. The standard InChI is InChI=1S/C30H62O.C5H14NO.ClH/c1-2-3-4-5-6-7-8-9-10-11-12-13-14-15-16-17-18-19-20-21-22-23-24-25-26-27-28-29-30-31;1-6(2,3)4-5-7;/h31H,2-30H2,1H3;7H,4-5H2,1-3H3;1H/q;+1;/p-1. The van der Waals surface area contributed by atoms with Crippen molar-refractivity contribution in [2.24, 2.45) is 0 Å². The molecule has 0 bridgehead atoms. The number of rotatable bonds is 30. The van der Waals surface area contributed by atoms with Gasteiger partial charge in [0.2, 0.25) is 0 Å². The Hall–Kier alpha value is 0.170. The number of hydrogen-bond acceptors (Lipinski definition) is 2. The number of halogens is 1. The highest BCUT2D eigenvalue weighted by molar-refractivity contribution is 4.52. The Morgan fingerprint density at radius 3 is 0.667 bits per heavy atom. The summed E-state index contributed by atoms with van der Waals surface area (Å²) in [5.41, 5.74) is 0. The van der Waals surface area contributed by atoms with Gasteiger partial charge in [-0.1, -0.05) is 180 Å². The van der Waals surface area contributed by atoms with Gasteiger partial charge >= 0.3 is 0 Å². The van der Waals surface area contributed by atoms with Gasteiger partial charge in [0.1, 0.15) is 6.54 Å². The van der Waals surface area contributed by atoms with Crippen molar-refractivity contribution < 1.29 is 27.1 Å². The van der Waals surface area contributed by atoms with E-state index in [0.29, 0.717) is 6.61 Å². The zero-order chi connectivity index (χ0) is 28.4. The van der Waals surface area contributed by atoms with Gasteiger partial charge < -0.3 is 27.1 Å². The van der Waals surface area contributed by atoms with Crippen LogP contribution in [0.15, 0.2) is 0 Å². The summed E-state index contributed by atoms with van der Waals surface area (Å²) in [5.74, 6) is 0. The third-order valence-corrected chi connectivity index (χ3v) is 7.78. The van der Waals surface area contributed by atoms with Crippen LogP contribution in [-0.4, -0.2) is 55.6 Å². The molecule has 0 aliphatic rings. The van der Waals surface area contributed by atoms with Crippen molar-refractivity contribution in [3.8, 4) is 0 Å². The average molecular weight is 578 g/mol. The second-order valence-electron chi connectivity index (χ2n) is 13.0. The maximum atomic E-state index is 8.76. The molecular weight excluding hydrogens is 502 g/mol. The van der Waals surface area contributed by atoms with Crippen LogP contribution in [0.25, 0.3) is 0 Å². The molecular formula is C35H76ClNO2. The number of unbranched alkanes of at least 4 members (excludes halogenated alkanes) is 27. The van der Waals surface area contributed by atoms with Gasteiger partial charge in [0, 0.05) is 6.61 Å². The first-order valence-electron chi connectivity index (χ1n) is 17.5. The molecule has 0 aromatic rings. The molecule has 0 heterocycles. The smallest absolute Gasteiger partial charge is 0.101 e. The summed E-state index contributed by atoms with van der Waals surface area (Å²) in [4.78, 5) is 0. The second-order valence-corrected chi connectivity index (χ2v) is 13.0. The summed E-state index contributed by atoms with van der Waals surface area (Å²) < 4.78 is 0.844. The molecule has 4 heteroatoms. The zero-order valence-corrected chi connectivity index (χ0v) is 28.4.